The highest BCUT2D eigenvalue weighted by Crippen LogP contribution is 1.98. The molecule has 0 heterocycles. The molecule has 2 aromatic rings. The van der Waals surface area contributed by atoms with Gasteiger partial charge in [0, 0.05) is 11.1 Å². The van der Waals surface area contributed by atoms with Gasteiger partial charge in [0.05, 0.1) is 0 Å². The molecule has 0 aliphatic carbocycles. The van der Waals surface area contributed by atoms with Crippen molar-refractivity contribution in [2.75, 3.05) is 0 Å². The molecule has 0 aromatic heterocycles. The first-order valence-electron chi connectivity index (χ1n) is 5.48. The molecular formula is C15H12OSi. The van der Waals surface area contributed by atoms with E-state index in [-0.39, 0.29) is 5.41 Å². The molecule has 0 aliphatic rings. The number of carbonyl (C=O) groups is 1. The predicted molar refractivity (Wildman–Crippen MR) is 72.6 cm³/mol. The van der Waals surface area contributed by atoms with Gasteiger partial charge in [-0.2, -0.15) is 0 Å². The SMILES string of the molecule is O=C([SiH2]C#Cc1ccccc1)c1ccccc1. The van der Waals surface area contributed by atoms with E-state index in [1.807, 2.05) is 60.7 Å². The normalized spacial score (nSPS) is 9.88. The summed E-state index contributed by atoms with van der Waals surface area (Å²) in [5, 5.41) is 0.203. The number of benzene rings is 2. The van der Waals surface area contributed by atoms with Gasteiger partial charge in [-0.3, -0.25) is 4.79 Å². The fraction of sp³-hybridized carbons (Fsp3) is 0. The fourth-order valence-corrected chi connectivity index (χ4v) is 2.37. The lowest BCUT2D eigenvalue weighted by atomic mass is 10.2. The molecule has 17 heavy (non-hydrogen) atoms. The number of hydrogen-bond donors (Lipinski definition) is 0. The van der Waals surface area contributed by atoms with Gasteiger partial charge in [-0.1, -0.05) is 54.5 Å². The van der Waals surface area contributed by atoms with Crippen molar-refractivity contribution in [3.05, 3.63) is 71.8 Å². The number of rotatable bonds is 2. The molecule has 82 valence electrons. The Morgan fingerprint density at radius 2 is 1.47 bits per heavy atom. The minimum absolute atomic E-state index is 0.203. The first kappa shape index (κ1) is 11.4. The average molecular weight is 236 g/mol. The van der Waals surface area contributed by atoms with Crippen LogP contribution < -0.4 is 0 Å². The molecule has 2 heteroatoms. The molecule has 0 radical (unpaired) electrons. The highest BCUT2D eigenvalue weighted by molar-refractivity contribution is 6.83. The van der Waals surface area contributed by atoms with Gasteiger partial charge in [0.25, 0.3) is 0 Å². The highest BCUT2D eigenvalue weighted by atomic mass is 28.2. The molecular weight excluding hydrogens is 224 g/mol. The highest BCUT2D eigenvalue weighted by Gasteiger charge is 2.02. The van der Waals surface area contributed by atoms with Crippen molar-refractivity contribution in [1.29, 1.82) is 0 Å². The van der Waals surface area contributed by atoms with Crippen LogP contribution in [0.4, 0.5) is 0 Å². The summed E-state index contributed by atoms with van der Waals surface area (Å²) in [5.41, 5.74) is 4.79. The Balaban J connectivity index is 2.00. The van der Waals surface area contributed by atoms with E-state index in [9.17, 15) is 4.79 Å². The van der Waals surface area contributed by atoms with E-state index in [1.165, 1.54) is 0 Å². The summed E-state index contributed by atoms with van der Waals surface area (Å²) in [6.45, 7) is 0. The van der Waals surface area contributed by atoms with Crippen LogP contribution in [0.2, 0.25) is 0 Å². The van der Waals surface area contributed by atoms with Gasteiger partial charge in [-0.15, -0.1) is 5.54 Å². The first-order valence-corrected chi connectivity index (χ1v) is 6.90. The molecule has 1 nitrogen and oxygen atoms in total. The van der Waals surface area contributed by atoms with Gasteiger partial charge in [-0.25, -0.2) is 0 Å². The van der Waals surface area contributed by atoms with E-state index in [4.69, 9.17) is 0 Å². The van der Waals surface area contributed by atoms with E-state index in [0.717, 1.165) is 11.1 Å². The molecule has 2 rings (SSSR count). The third-order valence-corrected chi connectivity index (χ3v) is 3.43. The molecule has 2 aromatic carbocycles. The Labute approximate surface area is 103 Å². The number of hydrogen-bond acceptors (Lipinski definition) is 1. The van der Waals surface area contributed by atoms with Crippen molar-refractivity contribution in [2.24, 2.45) is 0 Å². The quantitative estimate of drug-likeness (QED) is 0.576. The molecule has 0 spiro atoms. The Morgan fingerprint density at radius 1 is 0.882 bits per heavy atom. The van der Waals surface area contributed by atoms with E-state index in [1.54, 1.807) is 0 Å². The third-order valence-electron chi connectivity index (χ3n) is 2.35. The van der Waals surface area contributed by atoms with Crippen LogP contribution in [0, 0.1) is 11.5 Å². The molecule has 0 atom stereocenters. The van der Waals surface area contributed by atoms with Crippen molar-refractivity contribution in [1.82, 2.24) is 0 Å². The second kappa shape index (κ2) is 5.83. The standard InChI is InChI=1S/C15H12OSi/c16-15(14-9-5-2-6-10-14)17-12-11-13-7-3-1-4-8-13/h1-10H,17H2. The predicted octanol–water partition coefficient (Wildman–Crippen LogP) is 2.00. The molecule has 0 N–H and O–H groups in total. The summed E-state index contributed by atoms with van der Waals surface area (Å²) in [6, 6.07) is 19.1. The van der Waals surface area contributed by atoms with Crippen LogP contribution in [0.1, 0.15) is 15.9 Å². The fourth-order valence-electron chi connectivity index (χ4n) is 1.47. The van der Waals surface area contributed by atoms with Gasteiger partial charge in [-0.05, 0) is 12.1 Å². The molecule has 0 aliphatic heterocycles. The lowest BCUT2D eigenvalue weighted by Gasteiger charge is -1.94. The maximum atomic E-state index is 11.8. The summed E-state index contributed by atoms with van der Waals surface area (Å²) in [5.74, 6) is 3.04. The second-order valence-corrected chi connectivity index (χ2v) is 4.98. The largest absolute Gasteiger partial charge is 0.300 e. The van der Waals surface area contributed by atoms with E-state index in [0.29, 0.717) is 0 Å². The first-order chi connectivity index (χ1) is 8.36. The average Bonchev–Trinajstić information content (AvgIpc) is 2.41. The molecule has 0 bridgehead atoms. The van der Waals surface area contributed by atoms with Crippen molar-refractivity contribution in [2.45, 2.75) is 0 Å². The molecule has 0 amide bonds. The molecule has 0 saturated heterocycles. The Morgan fingerprint density at radius 3 is 2.12 bits per heavy atom. The molecule has 0 fully saturated rings. The van der Waals surface area contributed by atoms with Crippen LogP contribution in [0.3, 0.4) is 0 Å². The Kier molecular flexibility index (Phi) is 3.90. The van der Waals surface area contributed by atoms with E-state index >= 15 is 0 Å². The van der Waals surface area contributed by atoms with Gasteiger partial charge in [0.15, 0.2) is 9.52 Å². The summed E-state index contributed by atoms with van der Waals surface area (Å²) >= 11 is 0. The summed E-state index contributed by atoms with van der Waals surface area (Å²) in [6.07, 6.45) is 0. The van der Waals surface area contributed by atoms with Crippen LogP contribution in [-0.2, 0) is 0 Å². The van der Waals surface area contributed by atoms with E-state index < -0.39 is 9.52 Å². The van der Waals surface area contributed by atoms with Crippen molar-refractivity contribution >= 4 is 14.9 Å². The zero-order chi connectivity index (χ0) is 11.9. The smallest absolute Gasteiger partial charge is 0.189 e. The second-order valence-electron chi connectivity index (χ2n) is 3.63. The summed E-state index contributed by atoms with van der Waals surface area (Å²) < 4.78 is 0. The summed E-state index contributed by atoms with van der Waals surface area (Å²) in [4.78, 5) is 11.8. The van der Waals surface area contributed by atoms with Crippen LogP contribution in [0.25, 0.3) is 0 Å². The van der Waals surface area contributed by atoms with Gasteiger partial charge >= 0.3 is 0 Å². The topological polar surface area (TPSA) is 17.1 Å². The Bertz CT molecular complexity index is 550. The van der Waals surface area contributed by atoms with Gasteiger partial charge < -0.3 is 0 Å². The van der Waals surface area contributed by atoms with Crippen LogP contribution in [0.5, 0.6) is 0 Å². The summed E-state index contributed by atoms with van der Waals surface area (Å²) in [7, 11) is -1.01. The van der Waals surface area contributed by atoms with Crippen molar-refractivity contribution in [3.63, 3.8) is 0 Å². The zero-order valence-electron chi connectivity index (χ0n) is 9.39. The minimum atomic E-state index is -1.01. The maximum Gasteiger partial charge on any atom is 0.189 e. The zero-order valence-corrected chi connectivity index (χ0v) is 10.8. The van der Waals surface area contributed by atoms with Gasteiger partial charge in [0.2, 0.25) is 0 Å². The van der Waals surface area contributed by atoms with Crippen molar-refractivity contribution in [3.8, 4) is 11.5 Å². The third kappa shape index (κ3) is 3.44. The lowest BCUT2D eigenvalue weighted by molar-refractivity contribution is 0.107. The maximum absolute atomic E-state index is 11.8. The number of carbonyl (C=O) groups excluding carboxylic acids is 1. The van der Waals surface area contributed by atoms with Gasteiger partial charge in [0.1, 0.15) is 5.41 Å². The Hall–Kier alpha value is -2.11. The molecule has 0 saturated carbocycles. The minimum Gasteiger partial charge on any atom is -0.300 e. The van der Waals surface area contributed by atoms with E-state index in [2.05, 4.69) is 11.5 Å². The van der Waals surface area contributed by atoms with Crippen LogP contribution in [0.15, 0.2) is 60.7 Å². The van der Waals surface area contributed by atoms with Crippen LogP contribution >= 0.6 is 0 Å². The van der Waals surface area contributed by atoms with Crippen molar-refractivity contribution < 1.29 is 4.79 Å². The monoisotopic (exact) mass is 236 g/mol. The molecule has 0 unspecified atom stereocenters. The van der Waals surface area contributed by atoms with Crippen LogP contribution in [-0.4, -0.2) is 14.9 Å². The lowest BCUT2D eigenvalue weighted by Crippen LogP contribution is -2.07.